The number of benzene rings is 3. The zero-order chi connectivity index (χ0) is 20.4. The van der Waals surface area contributed by atoms with E-state index in [1.165, 1.54) is 18.2 Å². The summed E-state index contributed by atoms with van der Waals surface area (Å²) in [6, 6.07) is 18.9. The average molecular weight is 388 g/mol. The number of carboxylic acids is 1. The van der Waals surface area contributed by atoms with Crippen LogP contribution < -0.4 is 5.32 Å². The quantitative estimate of drug-likeness (QED) is 0.508. The van der Waals surface area contributed by atoms with Crippen LogP contribution in [0.1, 0.15) is 15.9 Å². The Balaban J connectivity index is 1.74. The molecule has 3 aromatic carbocycles. The number of carbonyl (C=O) groups excluding carboxylic acids is 1. The molecule has 29 heavy (non-hydrogen) atoms. The molecule has 1 amide bonds. The second-order valence-corrected chi connectivity index (χ2v) is 6.72. The topological polar surface area (TPSA) is 79.3 Å². The molecule has 6 heteroatoms. The van der Waals surface area contributed by atoms with Crippen molar-refractivity contribution in [3.63, 3.8) is 0 Å². The fourth-order valence-electron chi connectivity index (χ4n) is 3.41. The standard InChI is InChI=1S/C23H17FN2O3/c24-15-7-5-6-14(12-15)13-20(23(28)29)26-22(27)21-16-8-1-3-10-18(16)25-19-11-4-2-9-17(19)21/h1-12,20H,13H2,(H,26,27)(H,28,29)/t20-/m1/s1. The predicted octanol–water partition coefficient (Wildman–Crippen LogP) is 3.95. The summed E-state index contributed by atoms with van der Waals surface area (Å²) in [4.78, 5) is 29.5. The Hall–Kier alpha value is -3.80. The first kappa shape index (κ1) is 18.6. The normalized spacial score (nSPS) is 12.0. The Kier molecular flexibility index (Phi) is 4.91. The second-order valence-electron chi connectivity index (χ2n) is 6.72. The van der Waals surface area contributed by atoms with E-state index < -0.39 is 23.7 Å². The van der Waals surface area contributed by atoms with E-state index in [0.717, 1.165) is 0 Å². The van der Waals surface area contributed by atoms with Crippen molar-refractivity contribution >= 4 is 33.7 Å². The molecule has 0 spiro atoms. The van der Waals surface area contributed by atoms with E-state index in [0.29, 0.717) is 32.9 Å². The van der Waals surface area contributed by atoms with Gasteiger partial charge in [-0.3, -0.25) is 4.79 Å². The van der Waals surface area contributed by atoms with Crippen LogP contribution in [0.5, 0.6) is 0 Å². The number of amides is 1. The summed E-state index contributed by atoms with van der Waals surface area (Å²) < 4.78 is 13.5. The van der Waals surface area contributed by atoms with E-state index >= 15 is 0 Å². The lowest BCUT2D eigenvalue weighted by Gasteiger charge is -2.17. The van der Waals surface area contributed by atoms with Crippen molar-refractivity contribution in [3.8, 4) is 0 Å². The molecule has 5 nitrogen and oxygen atoms in total. The largest absolute Gasteiger partial charge is 0.480 e. The highest BCUT2D eigenvalue weighted by Gasteiger charge is 2.24. The summed E-state index contributed by atoms with van der Waals surface area (Å²) in [5.74, 6) is -2.15. The van der Waals surface area contributed by atoms with E-state index in [1.54, 1.807) is 42.5 Å². The smallest absolute Gasteiger partial charge is 0.326 e. The Labute approximate surface area is 165 Å². The van der Waals surface area contributed by atoms with Gasteiger partial charge in [-0.25, -0.2) is 14.2 Å². The lowest BCUT2D eigenvalue weighted by atomic mass is 10.0. The van der Waals surface area contributed by atoms with Crippen LogP contribution in [0.25, 0.3) is 21.8 Å². The van der Waals surface area contributed by atoms with Gasteiger partial charge in [0.2, 0.25) is 0 Å². The maximum absolute atomic E-state index is 13.5. The number of nitrogens with one attached hydrogen (secondary N) is 1. The maximum atomic E-state index is 13.5. The lowest BCUT2D eigenvalue weighted by Crippen LogP contribution is -2.42. The fourth-order valence-corrected chi connectivity index (χ4v) is 3.41. The number of rotatable bonds is 5. The van der Waals surface area contributed by atoms with E-state index in [-0.39, 0.29) is 6.42 Å². The Morgan fingerprint density at radius 1 is 0.931 bits per heavy atom. The first-order chi connectivity index (χ1) is 14.0. The molecule has 1 aromatic heterocycles. The summed E-state index contributed by atoms with van der Waals surface area (Å²) in [7, 11) is 0. The fraction of sp³-hybridized carbons (Fsp3) is 0.0870. The van der Waals surface area contributed by atoms with Crippen molar-refractivity contribution < 1.29 is 19.1 Å². The number of carboxylic acid groups (broad SMARTS) is 1. The molecule has 0 aliphatic carbocycles. The van der Waals surface area contributed by atoms with Gasteiger partial charge in [0, 0.05) is 17.2 Å². The minimum Gasteiger partial charge on any atom is -0.480 e. The number of aliphatic carboxylic acids is 1. The monoisotopic (exact) mass is 388 g/mol. The van der Waals surface area contributed by atoms with Gasteiger partial charge in [0.1, 0.15) is 11.9 Å². The van der Waals surface area contributed by atoms with Crippen LogP contribution in [-0.4, -0.2) is 28.0 Å². The molecule has 2 N–H and O–H groups in total. The highest BCUT2D eigenvalue weighted by atomic mass is 19.1. The summed E-state index contributed by atoms with van der Waals surface area (Å²) in [5.41, 5.74) is 2.15. The van der Waals surface area contributed by atoms with E-state index in [9.17, 15) is 19.1 Å². The van der Waals surface area contributed by atoms with Gasteiger partial charge in [-0.2, -0.15) is 0 Å². The summed E-state index contributed by atoms with van der Waals surface area (Å²) in [6.45, 7) is 0. The van der Waals surface area contributed by atoms with Gasteiger partial charge in [0.15, 0.2) is 0 Å². The number of carbonyl (C=O) groups is 2. The average Bonchev–Trinajstić information content (AvgIpc) is 2.71. The molecule has 0 saturated carbocycles. The summed E-state index contributed by atoms with van der Waals surface area (Å²) in [5, 5.41) is 13.5. The van der Waals surface area contributed by atoms with Crippen molar-refractivity contribution in [2.75, 3.05) is 0 Å². The molecule has 4 aromatic rings. The zero-order valence-corrected chi connectivity index (χ0v) is 15.3. The van der Waals surface area contributed by atoms with Crippen LogP contribution in [0, 0.1) is 5.82 Å². The number of hydrogen-bond acceptors (Lipinski definition) is 3. The maximum Gasteiger partial charge on any atom is 0.326 e. The molecule has 4 rings (SSSR count). The van der Waals surface area contributed by atoms with Gasteiger partial charge in [-0.1, -0.05) is 48.5 Å². The van der Waals surface area contributed by atoms with Crippen molar-refractivity contribution in [2.45, 2.75) is 12.5 Å². The first-order valence-corrected chi connectivity index (χ1v) is 9.08. The van der Waals surface area contributed by atoms with Crippen molar-refractivity contribution in [1.82, 2.24) is 10.3 Å². The summed E-state index contributed by atoms with van der Waals surface area (Å²) in [6.07, 6.45) is -0.0280. The van der Waals surface area contributed by atoms with Gasteiger partial charge in [0.25, 0.3) is 5.91 Å². The molecule has 0 radical (unpaired) electrons. The molecule has 144 valence electrons. The number of aromatic nitrogens is 1. The van der Waals surface area contributed by atoms with Crippen molar-refractivity contribution in [3.05, 3.63) is 89.7 Å². The molecule has 0 aliphatic heterocycles. The zero-order valence-electron chi connectivity index (χ0n) is 15.3. The van der Waals surface area contributed by atoms with Gasteiger partial charge in [0.05, 0.1) is 16.6 Å². The molecule has 0 aliphatic rings. The van der Waals surface area contributed by atoms with Gasteiger partial charge in [-0.15, -0.1) is 0 Å². The van der Waals surface area contributed by atoms with Crippen LogP contribution in [-0.2, 0) is 11.2 Å². The number of pyridine rings is 1. The van der Waals surface area contributed by atoms with Crippen molar-refractivity contribution in [1.29, 1.82) is 0 Å². The summed E-state index contributed by atoms with van der Waals surface area (Å²) >= 11 is 0. The molecule has 0 fully saturated rings. The molecule has 0 bridgehead atoms. The highest BCUT2D eigenvalue weighted by molar-refractivity contribution is 6.16. The Morgan fingerprint density at radius 2 is 1.55 bits per heavy atom. The molecular formula is C23H17FN2O3. The van der Waals surface area contributed by atoms with E-state index in [4.69, 9.17) is 0 Å². The third-order valence-electron chi connectivity index (χ3n) is 4.75. The van der Waals surface area contributed by atoms with Gasteiger partial charge in [-0.05, 0) is 29.8 Å². The number of nitrogens with zero attached hydrogens (tertiary/aromatic N) is 1. The van der Waals surface area contributed by atoms with E-state index in [1.807, 2.05) is 12.1 Å². The Bertz CT molecular complexity index is 1190. The van der Waals surface area contributed by atoms with Crippen LogP contribution in [0.15, 0.2) is 72.8 Å². The predicted molar refractivity (Wildman–Crippen MR) is 108 cm³/mol. The minimum atomic E-state index is -1.20. The number of hydrogen-bond donors (Lipinski definition) is 2. The molecular weight excluding hydrogens is 371 g/mol. The van der Waals surface area contributed by atoms with Gasteiger partial charge < -0.3 is 10.4 Å². The van der Waals surface area contributed by atoms with Crippen LogP contribution in [0.4, 0.5) is 4.39 Å². The lowest BCUT2D eigenvalue weighted by molar-refractivity contribution is -0.139. The number of fused-ring (bicyclic) bond motifs is 2. The third-order valence-corrected chi connectivity index (χ3v) is 4.75. The second kappa shape index (κ2) is 7.67. The highest BCUT2D eigenvalue weighted by Crippen LogP contribution is 2.26. The minimum absolute atomic E-state index is 0.0280. The van der Waals surface area contributed by atoms with E-state index in [2.05, 4.69) is 10.3 Å². The molecule has 1 atom stereocenters. The van der Waals surface area contributed by atoms with Crippen LogP contribution in [0.2, 0.25) is 0 Å². The van der Waals surface area contributed by atoms with Crippen LogP contribution in [0.3, 0.4) is 0 Å². The number of para-hydroxylation sites is 2. The van der Waals surface area contributed by atoms with Crippen LogP contribution >= 0.6 is 0 Å². The first-order valence-electron chi connectivity index (χ1n) is 9.08. The SMILES string of the molecule is O=C(N[C@H](Cc1cccc(F)c1)C(=O)O)c1c2ccccc2nc2ccccc12. The Morgan fingerprint density at radius 3 is 2.14 bits per heavy atom. The number of halogens is 1. The third kappa shape index (κ3) is 3.78. The van der Waals surface area contributed by atoms with Gasteiger partial charge >= 0.3 is 5.97 Å². The molecule has 0 saturated heterocycles. The molecule has 0 unspecified atom stereocenters. The molecule has 1 heterocycles. The van der Waals surface area contributed by atoms with Crippen molar-refractivity contribution in [2.24, 2.45) is 0 Å².